The van der Waals surface area contributed by atoms with E-state index in [-0.39, 0.29) is 8.07 Å². The molecular weight excluding hydrogens is 476 g/mol. The fourth-order valence-electron chi connectivity index (χ4n) is 4.84. The van der Waals surface area contributed by atoms with Gasteiger partial charge in [0.05, 0.1) is 8.07 Å². The predicted molar refractivity (Wildman–Crippen MR) is 151 cm³/mol. The van der Waals surface area contributed by atoms with Gasteiger partial charge in [0.15, 0.2) is 0 Å². The van der Waals surface area contributed by atoms with Crippen LogP contribution >= 0.6 is 38.8 Å². The molecule has 2 unspecified atom stereocenters. The highest BCUT2D eigenvalue weighted by Gasteiger charge is 2.44. The summed E-state index contributed by atoms with van der Waals surface area (Å²) in [6.07, 6.45) is 5.08. The van der Waals surface area contributed by atoms with Crippen LogP contribution in [0.2, 0.25) is 0 Å². The van der Waals surface area contributed by atoms with E-state index >= 15 is 0 Å². The Bertz CT molecular complexity index is 1000. The zero-order chi connectivity index (χ0) is 22.5. The van der Waals surface area contributed by atoms with E-state index in [0.29, 0.717) is 11.3 Å². The summed E-state index contributed by atoms with van der Waals surface area (Å²) in [7, 11) is -0.871. The standard InChI is InChI=1S/C28H31NP2S2/c1-2-3-20-29(31(27-16-10-21-32-27)28-17-11-22-33-28)30-25(23-12-6-4-7-13-23)18-19-26(30)24-14-8-5-9-15-24/h4-17,21-22,25-26H,2-3,18-20H2,1H3/t25-,26?,30?/m0/s1. The molecule has 3 atom stereocenters. The van der Waals surface area contributed by atoms with E-state index in [2.05, 4.69) is 107 Å². The van der Waals surface area contributed by atoms with E-state index in [0.717, 1.165) is 0 Å². The van der Waals surface area contributed by atoms with Gasteiger partial charge in [-0.15, -0.1) is 22.7 Å². The molecule has 1 nitrogen and oxygen atoms in total. The molecular formula is C28H31NP2S2. The van der Waals surface area contributed by atoms with Crippen molar-refractivity contribution >= 4 is 48.1 Å². The molecule has 3 heterocycles. The molecule has 2 aromatic carbocycles. The lowest BCUT2D eigenvalue weighted by molar-refractivity contribution is 0.632. The van der Waals surface area contributed by atoms with E-state index < -0.39 is 8.07 Å². The quantitative estimate of drug-likeness (QED) is 0.204. The number of nitrogens with zero attached hydrogens (tertiary/aromatic N) is 1. The third-order valence-electron chi connectivity index (χ3n) is 6.36. The van der Waals surface area contributed by atoms with Gasteiger partial charge in [0, 0.05) is 27.1 Å². The van der Waals surface area contributed by atoms with Crippen molar-refractivity contribution in [1.82, 2.24) is 4.44 Å². The molecule has 170 valence electrons. The van der Waals surface area contributed by atoms with Gasteiger partial charge in [0.2, 0.25) is 0 Å². The summed E-state index contributed by atoms with van der Waals surface area (Å²) >= 11 is 3.90. The largest absolute Gasteiger partial charge is 0.250 e. The normalized spacial score (nSPS) is 20.6. The molecule has 1 aliphatic heterocycles. The van der Waals surface area contributed by atoms with E-state index in [1.54, 1.807) is 9.24 Å². The minimum atomic E-state index is -0.498. The van der Waals surface area contributed by atoms with Crippen LogP contribution in [-0.2, 0) is 0 Å². The molecule has 5 rings (SSSR count). The van der Waals surface area contributed by atoms with Crippen LogP contribution in [0, 0.1) is 0 Å². The molecule has 0 N–H and O–H groups in total. The van der Waals surface area contributed by atoms with E-state index in [4.69, 9.17) is 0 Å². The highest BCUT2D eigenvalue weighted by molar-refractivity contribution is 7.85. The van der Waals surface area contributed by atoms with Gasteiger partial charge >= 0.3 is 0 Å². The lowest BCUT2D eigenvalue weighted by atomic mass is 10.0. The molecule has 1 saturated heterocycles. The van der Waals surface area contributed by atoms with Gasteiger partial charge in [0.25, 0.3) is 0 Å². The minimum absolute atomic E-state index is 0.373. The van der Waals surface area contributed by atoms with Crippen LogP contribution in [-0.4, -0.2) is 11.0 Å². The highest BCUT2D eigenvalue weighted by atomic mass is 32.1. The maximum absolute atomic E-state index is 3.02. The maximum atomic E-state index is 3.02. The average molecular weight is 508 g/mol. The van der Waals surface area contributed by atoms with Crippen molar-refractivity contribution in [3.63, 3.8) is 0 Å². The Kier molecular flexibility index (Phi) is 8.08. The molecule has 0 amide bonds. The second kappa shape index (κ2) is 11.4. The van der Waals surface area contributed by atoms with Crippen molar-refractivity contribution < 1.29 is 0 Å². The van der Waals surface area contributed by atoms with Crippen molar-refractivity contribution in [3.05, 3.63) is 107 Å². The van der Waals surface area contributed by atoms with Crippen molar-refractivity contribution in [3.8, 4) is 0 Å². The van der Waals surface area contributed by atoms with E-state index in [1.165, 1.54) is 43.4 Å². The Balaban J connectivity index is 1.63. The Morgan fingerprint density at radius 3 is 1.70 bits per heavy atom. The van der Waals surface area contributed by atoms with Gasteiger partial charge in [-0.3, -0.25) is 4.44 Å². The summed E-state index contributed by atoms with van der Waals surface area (Å²) in [5.74, 6) is 0. The summed E-state index contributed by atoms with van der Waals surface area (Å²) in [5.41, 5.74) is 4.34. The summed E-state index contributed by atoms with van der Waals surface area (Å²) < 4.78 is 6.13. The van der Waals surface area contributed by atoms with Gasteiger partial charge in [-0.2, -0.15) is 0 Å². The summed E-state index contributed by atoms with van der Waals surface area (Å²) in [5, 5.41) is 4.53. The van der Waals surface area contributed by atoms with Gasteiger partial charge in [0.1, 0.15) is 0 Å². The fraction of sp³-hybridized carbons (Fsp3) is 0.286. The molecule has 0 saturated carbocycles. The topological polar surface area (TPSA) is 3.24 Å². The molecule has 33 heavy (non-hydrogen) atoms. The third-order valence-corrected chi connectivity index (χ3v) is 15.4. The summed E-state index contributed by atoms with van der Waals surface area (Å²) in [6.45, 7) is 3.53. The molecule has 1 fully saturated rings. The van der Waals surface area contributed by atoms with Gasteiger partial charge in [-0.1, -0.05) is 86.1 Å². The van der Waals surface area contributed by atoms with Gasteiger partial charge < -0.3 is 0 Å². The van der Waals surface area contributed by atoms with Gasteiger partial charge in [-0.25, -0.2) is 0 Å². The lowest BCUT2D eigenvalue weighted by Gasteiger charge is -2.41. The zero-order valence-electron chi connectivity index (χ0n) is 19.1. The van der Waals surface area contributed by atoms with Crippen LogP contribution < -0.4 is 9.24 Å². The molecule has 0 bridgehead atoms. The predicted octanol–water partition coefficient (Wildman–Crippen LogP) is 8.93. The number of unbranched alkanes of at least 4 members (excludes halogenated alkanes) is 1. The molecule has 2 aromatic heterocycles. The Morgan fingerprint density at radius 1 is 0.758 bits per heavy atom. The molecule has 0 spiro atoms. The maximum Gasteiger partial charge on any atom is 0.0526 e. The van der Waals surface area contributed by atoms with Crippen LogP contribution in [0.15, 0.2) is 95.7 Å². The number of benzene rings is 2. The van der Waals surface area contributed by atoms with Gasteiger partial charge in [-0.05, 0) is 61.4 Å². The van der Waals surface area contributed by atoms with Crippen molar-refractivity contribution in [2.45, 2.75) is 43.9 Å². The SMILES string of the molecule is CCCCN(P(c1cccs1)c1cccs1)P1C(c2ccccc2)CC[C@H]1c1ccccc1. The first-order chi connectivity index (χ1) is 16.4. The van der Waals surface area contributed by atoms with E-state index in [9.17, 15) is 0 Å². The second-order valence-electron chi connectivity index (χ2n) is 8.47. The third kappa shape index (κ3) is 5.19. The Morgan fingerprint density at radius 2 is 1.27 bits per heavy atom. The summed E-state index contributed by atoms with van der Waals surface area (Å²) in [4.78, 5) is 0. The first kappa shape index (κ1) is 23.4. The Hall–Kier alpha value is -1.34. The van der Waals surface area contributed by atoms with Crippen molar-refractivity contribution in [1.29, 1.82) is 0 Å². The zero-order valence-corrected chi connectivity index (χ0v) is 22.5. The number of rotatable bonds is 9. The van der Waals surface area contributed by atoms with Crippen molar-refractivity contribution in [2.24, 2.45) is 0 Å². The number of hydrogen-bond donors (Lipinski definition) is 0. The summed E-state index contributed by atoms with van der Waals surface area (Å²) in [6, 6.07) is 32.0. The first-order valence-electron chi connectivity index (χ1n) is 11.9. The fourth-order valence-corrected chi connectivity index (χ4v) is 15.5. The average Bonchev–Trinajstić information content (AvgIpc) is 3.65. The monoisotopic (exact) mass is 507 g/mol. The molecule has 4 aromatic rings. The smallest absolute Gasteiger partial charge is 0.0526 e. The Labute approximate surface area is 209 Å². The number of thiophene rings is 2. The lowest BCUT2D eigenvalue weighted by Crippen LogP contribution is -2.25. The van der Waals surface area contributed by atoms with Crippen LogP contribution in [0.5, 0.6) is 0 Å². The van der Waals surface area contributed by atoms with Crippen LogP contribution in [0.25, 0.3) is 0 Å². The van der Waals surface area contributed by atoms with Crippen LogP contribution in [0.1, 0.15) is 55.1 Å². The second-order valence-corrected chi connectivity index (χ2v) is 15.8. The first-order valence-corrected chi connectivity index (χ1v) is 16.4. The molecule has 5 heteroatoms. The van der Waals surface area contributed by atoms with Crippen LogP contribution in [0.3, 0.4) is 0 Å². The van der Waals surface area contributed by atoms with Crippen molar-refractivity contribution in [2.75, 3.05) is 6.54 Å². The minimum Gasteiger partial charge on any atom is -0.250 e. The van der Waals surface area contributed by atoms with E-state index in [1.807, 2.05) is 22.7 Å². The molecule has 1 aliphatic rings. The molecule has 0 radical (unpaired) electrons. The highest BCUT2D eigenvalue weighted by Crippen LogP contribution is 2.76. The van der Waals surface area contributed by atoms with Crippen LogP contribution in [0.4, 0.5) is 0 Å². The molecule has 0 aliphatic carbocycles. The number of hydrogen-bond acceptors (Lipinski definition) is 3.